The Labute approximate surface area is 127 Å². The zero-order valence-corrected chi connectivity index (χ0v) is 13.4. The Bertz CT molecular complexity index is 572. The van der Waals surface area contributed by atoms with Gasteiger partial charge in [0.15, 0.2) is 0 Å². The second-order valence-electron chi connectivity index (χ2n) is 5.70. The number of hydrogen-bond acceptors (Lipinski definition) is 3. The number of aryl methyl sites for hydroxylation is 1. The number of hydrogen-bond donors (Lipinski definition) is 2. The third-order valence-corrected chi connectivity index (χ3v) is 4.23. The predicted molar refractivity (Wildman–Crippen MR) is 87.3 cm³/mol. The molecule has 1 aromatic heterocycles. The van der Waals surface area contributed by atoms with Crippen LogP contribution in [0.2, 0.25) is 0 Å². The van der Waals surface area contributed by atoms with Gasteiger partial charge in [-0.25, -0.2) is 4.98 Å². The minimum Gasteiger partial charge on any atom is -0.389 e. The Hall–Kier alpha value is -1.39. The molecule has 1 aromatic carbocycles. The van der Waals surface area contributed by atoms with Crippen molar-refractivity contribution in [1.29, 1.82) is 0 Å². The van der Waals surface area contributed by atoms with Crippen LogP contribution in [0.5, 0.6) is 0 Å². The Morgan fingerprint density at radius 1 is 1.19 bits per heavy atom. The quantitative estimate of drug-likeness (QED) is 0.785. The van der Waals surface area contributed by atoms with Gasteiger partial charge in [0.25, 0.3) is 0 Å². The number of imidazole rings is 1. The SMILES string of the molecule is CCCn1c(CNCC(O)(CC)CC)nc2ccccc21. The maximum Gasteiger partial charge on any atom is 0.123 e. The molecule has 0 saturated heterocycles. The number of aliphatic hydroxyl groups is 1. The number of benzene rings is 1. The molecule has 2 aromatic rings. The van der Waals surface area contributed by atoms with Gasteiger partial charge < -0.3 is 15.0 Å². The molecule has 21 heavy (non-hydrogen) atoms. The zero-order chi connectivity index (χ0) is 15.3. The van der Waals surface area contributed by atoms with Gasteiger partial charge in [0, 0.05) is 13.1 Å². The van der Waals surface area contributed by atoms with Gasteiger partial charge in [-0.2, -0.15) is 0 Å². The van der Waals surface area contributed by atoms with Crippen molar-refractivity contribution in [2.24, 2.45) is 0 Å². The summed E-state index contributed by atoms with van der Waals surface area (Å²) in [5.41, 5.74) is 1.63. The number of nitrogens with zero attached hydrogens (tertiary/aromatic N) is 2. The highest BCUT2D eigenvalue weighted by atomic mass is 16.3. The van der Waals surface area contributed by atoms with Crippen LogP contribution in [0.15, 0.2) is 24.3 Å². The van der Waals surface area contributed by atoms with Crippen molar-refractivity contribution in [3.05, 3.63) is 30.1 Å². The molecule has 0 atom stereocenters. The lowest BCUT2D eigenvalue weighted by molar-refractivity contribution is 0.0321. The van der Waals surface area contributed by atoms with Gasteiger partial charge in [-0.3, -0.25) is 0 Å². The first-order valence-electron chi connectivity index (χ1n) is 8.00. The van der Waals surface area contributed by atoms with Crippen molar-refractivity contribution in [3.63, 3.8) is 0 Å². The molecule has 0 radical (unpaired) electrons. The minimum atomic E-state index is -0.610. The summed E-state index contributed by atoms with van der Waals surface area (Å²) < 4.78 is 2.28. The van der Waals surface area contributed by atoms with E-state index in [1.807, 2.05) is 19.9 Å². The van der Waals surface area contributed by atoms with Crippen LogP contribution in [0.1, 0.15) is 45.9 Å². The van der Waals surface area contributed by atoms with Gasteiger partial charge in [0.05, 0.1) is 23.2 Å². The summed E-state index contributed by atoms with van der Waals surface area (Å²) in [6, 6.07) is 8.26. The summed E-state index contributed by atoms with van der Waals surface area (Å²) in [6.07, 6.45) is 2.62. The van der Waals surface area contributed by atoms with E-state index in [-0.39, 0.29) is 0 Å². The van der Waals surface area contributed by atoms with E-state index in [9.17, 15) is 5.11 Å². The van der Waals surface area contributed by atoms with Crippen molar-refractivity contribution in [1.82, 2.24) is 14.9 Å². The second-order valence-corrected chi connectivity index (χ2v) is 5.70. The molecule has 0 spiro atoms. The summed E-state index contributed by atoms with van der Waals surface area (Å²) in [5.74, 6) is 1.05. The largest absolute Gasteiger partial charge is 0.389 e. The summed E-state index contributed by atoms with van der Waals surface area (Å²) in [7, 11) is 0. The Balaban J connectivity index is 2.12. The molecule has 0 bridgehead atoms. The fraction of sp³-hybridized carbons (Fsp3) is 0.588. The highest BCUT2D eigenvalue weighted by Gasteiger charge is 2.21. The summed E-state index contributed by atoms with van der Waals surface area (Å²) in [6.45, 7) is 8.50. The van der Waals surface area contributed by atoms with Crippen molar-refractivity contribution < 1.29 is 5.11 Å². The average Bonchev–Trinajstić information content (AvgIpc) is 2.86. The van der Waals surface area contributed by atoms with Crippen LogP contribution in [-0.4, -0.2) is 26.8 Å². The number of rotatable bonds is 8. The molecular weight excluding hydrogens is 262 g/mol. The van der Waals surface area contributed by atoms with Crippen LogP contribution in [-0.2, 0) is 13.1 Å². The second kappa shape index (κ2) is 7.05. The average molecular weight is 289 g/mol. The lowest BCUT2D eigenvalue weighted by atomic mass is 9.98. The molecule has 116 valence electrons. The molecule has 0 aliphatic heterocycles. The molecule has 0 unspecified atom stereocenters. The number of aromatic nitrogens is 2. The third kappa shape index (κ3) is 3.63. The lowest BCUT2D eigenvalue weighted by Crippen LogP contribution is -2.39. The maximum absolute atomic E-state index is 10.3. The Morgan fingerprint density at radius 2 is 1.90 bits per heavy atom. The highest BCUT2D eigenvalue weighted by molar-refractivity contribution is 5.75. The van der Waals surface area contributed by atoms with E-state index in [2.05, 4.69) is 35.0 Å². The van der Waals surface area contributed by atoms with Gasteiger partial charge in [0.1, 0.15) is 5.82 Å². The molecule has 0 aliphatic carbocycles. The topological polar surface area (TPSA) is 50.1 Å². The van der Waals surface area contributed by atoms with E-state index < -0.39 is 5.60 Å². The minimum absolute atomic E-state index is 0.606. The normalized spacial score (nSPS) is 12.2. The zero-order valence-electron chi connectivity index (χ0n) is 13.4. The smallest absolute Gasteiger partial charge is 0.123 e. The molecular formula is C17H27N3O. The Morgan fingerprint density at radius 3 is 2.57 bits per heavy atom. The number of nitrogens with one attached hydrogen (secondary N) is 1. The van der Waals surface area contributed by atoms with E-state index >= 15 is 0 Å². The van der Waals surface area contributed by atoms with Gasteiger partial charge >= 0.3 is 0 Å². The van der Waals surface area contributed by atoms with E-state index in [1.165, 1.54) is 5.52 Å². The molecule has 1 heterocycles. The highest BCUT2D eigenvalue weighted by Crippen LogP contribution is 2.17. The first kappa shape index (κ1) is 16.0. The standard InChI is InChI=1S/C17H27N3O/c1-4-11-20-15-10-8-7-9-14(15)19-16(20)12-18-13-17(21,5-2)6-3/h7-10,18,21H,4-6,11-13H2,1-3H3. The fourth-order valence-corrected chi connectivity index (χ4v) is 2.64. The fourth-order valence-electron chi connectivity index (χ4n) is 2.64. The molecule has 2 N–H and O–H groups in total. The van der Waals surface area contributed by atoms with Crippen LogP contribution < -0.4 is 5.32 Å². The van der Waals surface area contributed by atoms with Crippen molar-refractivity contribution in [2.75, 3.05) is 6.54 Å². The molecule has 4 nitrogen and oxygen atoms in total. The van der Waals surface area contributed by atoms with Crippen LogP contribution in [0.4, 0.5) is 0 Å². The monoisotopic (exact) mass is 289 g/mol. The van der Waals surface area contributed by atoms with E-state index in [0.29, 0.717) is 13.1 Å². The van der Waals surface area contributed by atoms with E-state index in [4.69, 9.17) is 4.98 Å². The van der Waals surface area contributed by atoms with Gasteiger partial charge in [-0.1, -0.05) is 32.9 Å². The van der Waals surface area contributed by atoms with Crippen LogP contribution in [0, 0.1) is 0 Å². The summed E-state index contributed by atoms with van der Waals surface area (Å²) >= 11 is 0. The van der Waals surface area contributed by atoms with Crippen molar-refractivity contribution in [3.8, 4) is 0 Å². The summed E-state index contributed by atoms with van der Waals surface area (Å²) in [4.78, 5) is 4.72. The van der Waals surface area contributed by atoms with Gasteiger partial charge in [-0.15, -0.1) is 0 Å². The molecule has 0 saturated carbocycles. The first-order valence-corrected chi connectivity index (χ1v) is 8.00. The molecule has 0 amide bonds. The van der Waals surface area contributed by atoms with Gasteiger partial charge in [-0.05, 0) is 31.4 Å². The summed E-state index contributed by atoms with van der Waals surface area (Å²) in [5, 5.41) is 13.7. The predicted octanol–water partition coefficient (Wildman–Crippen LogP) is 3.09. The van der Waals surface area contributed by atoms with Crippen LogP contribution in [0.3, 0.4) is 0 Å². The number of para-hydroxylation sites is 2. The molecule has 2 rings (SSSR count). The molecule has 4 heteroatoms. The third-order valence-electron chi connectivity index (χ3n) is 4.23. The number of fused-ring (bicyclic) bond motifs is 1. The lowest BCUT2D eigenvalue weighted by Gasteiger charge is -2.25. The van der Waals surface area contributed by atoms with E-state index in [0.717, 1.165) is 37.1 Å². The Kier molecular flexibility index (Phi) is 5.37. The van der Waals surface area contributed by atoms with Crippen LogP contribution >= 0.6 is 0 Å². The van der Waals surface area contributed by atoms with Crippen molar-refractivity contribution >= 4 is 11.0 Å². The maximum atomic E-state index is 10.3. The van der Waals surface area contributed by atoms with Crippen LogP contribution in [0.25, 0.3) is 11.0 Å². The first-order chi connectivity index (χ1) is 10.1. The molecule has 0 fully saturated rings. The molecule has 0 aliphatic rings. The van der Waals surface area contributed by atoms with Gasteiger partial charge in [0.2, 0.25) is 0 Å². The van der Waals surface area contributed by atoms with Crippen molar-refractivity contribution in [2.45, 2.75) is 58.7 Å². The van der Waals surface area contributed by atoms with E-state index in [1.54, 1.807) is 0 Å².